The maximum atomic E-state index is 12.5. The summed E-state index contributed by atoms with van der Waals surface area (Å²) >= 11 is 0. The van der Waals surface area contributed by atoms with Crippen LogP contribution in [-0.2, 0) is 0 Å². The standard InChI is InChI=1S/C24H21NO4/c26-24-19(10-14-4-1-2-6-20(14)29-24)22-11-15-5-3-7-21(23(15)28-22)27-18-12-16-8-9-17(13-18)25-16/h1-7,10-11,16-18,25H,8-9,12-13H2. The van der Waals surface area contributed by atoms with Crippen LogP contribution in [-0.4, -0.2) is 18.2 Å². The first-order chi connectivity index (χ1) is 14.2. The van der Waals surface area contributed by atoms with E-state index in [2.05, 4.69) is 5.32 Å². The van der Waals surface area contributed by atoms with Gasteiger partial charge in [0, 0.05) is 22.9 Å². The number of fused-ring (bicyclic) bond motifs is 4. The van der Waals surface area contributed by atoms with Crippen molar-refractivity contribution < 1.29 is 13.6 Å². The van der Waals surface area contributed by atoms with Gasteiger partial charge in [0.1, 0.15) is 23.0 Å². The Balaban J connectivity index is 1.39. The van der Waals surface area contributed by atoms with Crippen LogP contribution in [0.2, 0.25) is 0 Å². The van der Waals surface area contributed by atoms with Crippen molar-refractivity contribution >= 4 is 21.9 Å². The van der Waals surface area contributed by atoms with Crippen molar-refractivity contribution in [3.63, 3.8) is 0 Å². The Kier molecular flexibility index (Phi) is 3.78. The Morgan fingerprint density at radius 1 is 0.897 bits per heavy atom. The molecule has 1 N–H and O–H groups in total. The lowest BCUT2D eigenvalue weighted by atomic mass is 10.0. The zero-order valence-electron chi connectivity index (χ0n) is 15.9. The molecular weight excluding hydrogens is 366 g/mol. The normalized spacial score (nSPS) is 23.7. The highest BCUT2D eigenvalue weighted by Gasteiger charge is 2.34. The molecule has 2 aromatic carbocycles. The minimum atomic E-state index is -0.403. The van der Waals surface area contributed by atoms with Crippen molar-refractivity contribution in [2.24, 2.45) is 0 Å². The molecule has 2 aromatic heterocycles. The Morgan fingerprint density at radius 2 is 1.69 bits per heavy atom. The van der Waals surface area contributed by atoms with Gasteiger partial charge in [0.2, 0.25) is 0 Å². The van der Waals surface area contributed by atoms with Gasteiger partial charge in [-0.3, -0.25) is 0 Å². The van der Waals surface area contributed by atoms with Crippen molar-refractivity contribution in [3.8, 4) is 17.1 Å². The lowest BCUT2D eigenvalue weighted by molar-refractivity contribution is 0.138. The lowest BCUT2D eigenvalue weighted by Gasteiger charge is -2.29. The first-order valence-corrected chi connectivity index (χ1v) is 10.2. The number of ether oxygens (including phenoxy) is 1. The van der Waals surface area contributed by atoms with Gasteiger partial charge in [-0.05, 0) is 49.9 Å². The van der Waals surface area contributed by atoms with Crippen LogP contribution in [0.1, 0.15) is 25.7 Å². The fraction of sp³-hybridized carbons (Fsp3) is 0.292. The maximum Gasteiger partial charge on any atom is 0.347 e. The van der Waals surface area contributed by atoms with Crippen molar-refractivity contribution in [3.05, 3.63) is 65.0 Å². The summed E-state index contributed by atoms with van der Waals surface area (Å²) in [4.78, 5) is 12.5. The van der Waals surface area contributed by atoms with Crippen LogP contribution in [0.3, 0.4) is 0 Å². The first kappa shape index (κ1) is 16.9. The highest BCUT2D eigenvalue weighted by molar-refractivity contribution is 5.88. The van der Waals surface area contributed by atoms with Crippen molar-refractivity contribution in [1.29, 1.82) is 0 Å². The molecule has 4 heterocycles. The highest BCUT2D eigenvalue weighted by Crippen LogP contribution is 2.36. The third-order valence-electron chi connectivity index (χ3n) is 6.14. The number of furan rings is 1. The van der Waals surface area contributed by atoms with Crippen LogP contribution in [0.15, 0.2) is 68.2 Å². The molecule has 0 radical (unpaired) electrons. The van der Waals surface area contributed by atoms with E-state index in [-0.39, 0.29) is 6.10 Å². The van der Waals surface area contributed by atoms with Gasteiger partial charge in [-0.15, -0.1) is 0 Å². The average molecular weight is 387 g/mol. The summed E-state index contributed by atoms with van der Waals surface area (Å²) in [5.41, 5.74) is 1.27. The Bertz CT molecular complexity index is 1260. The predicted molar refractivity (Wildman–Crippen MR) is 111 cm³/mol. The van der Waals surface area contributed by atoms with Crippen LogP contribution in [0.4, 0.5) is 0 Å². The predicted octanol–water partition coefficient (Wildman–Crippen LogP) is 4.87. The number of rotatable bonds is 3. The van der Waals surface area contributed by atoms with Crippen LogP contribution in [0.25, 0.3) is 33.3 Å². The van der Waals surface area contributed by atoms with Gasteiger partial charge in [-0.1, -0.05) is 30.3 Å². The van der Waals surface area contributed by atoms with Gasteiger partial charge in [0.15, 0.2) is 11.3 Å². The molecule has 2 aliphatic rings. The van der Waals surface area contributed by atoms with Gasteiger partial charge < -0.3 is 18.9 Å². The quantitative estimate of drug-likeness (QED) is 0.508. The molecule has 4 aromatic rings. The second-order valence-electron chi connectivity index (χ2n) is 8.12. The summed E-state index contributed by atoms with van der Waals surface area (Å²) in [6.07, 6.45) is 4.71. The molecule has 2 fully saturated rings. The summed E-state index contributed by atoms with van der Waals surface area (Å²) in [5.74, 6) is 1.24. The van der Waals surface area contributed by atoms with E-state index in [1.165, 1.54) is 12.8 Å². The van der Waals surface area contributed by atoms with Crippen LogP contribution >= 0.6 is 0 Å². The maximum absolute atomic E-state index is 12.5. The zero-order chi connectivity index (χ0) is 19.4. The fourth-order valence-corrected chi connectivity index (χ4v) is 4.78. The van der Waals surface area contributed by atoms with Gasteiger partial charge in [0.05, 0.1) is 0 Å². The van der Waals surface area contributed by atoms with Crippen molar-refractivity contribution in [2.75, 3.05) is 0 Å². The van der Waals surface area contributed by atoms with E-state index in [1.807, 2.05) is 48.5 Å². The molecule has 0 amide bonds. The molecule has 5 heteroatoms. The van der Waals surface area contributed by atoms with E-state index in [1.54, 1.807) is 6.07 Å². The van der Waals surface area contributed by atoms with Crippen LogP contribution in [0, 0.1) is 0 Å². The molecule has 2 bridgehead atoms. The summed E-state index contributed by atoms with van der Waals surface area (Å²) in [6, 6.07) is 18.2. The third kappa shape index (κ3) is 2.93. The molecule has 2 atom stereocenters. The number of piperidine rings is 1. The molecule has 146 valence electrons. The molecular formula is C24H21NO4. The average Bonchev–Trinajstić information content (AvgIpc) is 3.31. The minimum Gasteiger partial charge on any atom is -0.486 e. The van der Waals surface area contributed by atoms with Crippen LogP contribution < -0.4 is 15.7 Å². The van der Waals surface area contributed by atoms with Gasteiger partial charge in [-0.25, -0.2) is 4.79 Å². The fourth-order valence-electron chi connectivity index (χ4n) is 4.78. The number of para-hydroxylation sites is 2. The molecule has 2 aliphatic heterocycles. The molecule has 5 nitrogen and oxygen atoms in total. The number of hydrogen-bond donors (Lipinski definition) is 1. The topological polar surface area (TPSA) is 64.6 Å². The molecule has 2 saturated heterocycles. The minimum absolute atomic E-state index is 0.193. The number of hydrogen-bond acceptors (Lipinski definition) is 5. The van der Waals surface area contributed by atoms with E-state index >= 15 is 0 Å². The van der Waals surface area contributed by atoms with E-state index in [0.29, 0.717) is 34.6 Å². The summed E-state index contributed by atoms with van der Waals surface area (Å²) < 4.78 is 18.0. The second-order valence-corrected chi connectivity index (χ2v) is 8.12. The molecule has 2 unspecified atom stereocenters. The summed E-state index contributed by atoms with van der Waals surface area (Å²) in [5, 5.41) is 5.42. The van der Waals surface area contributed by atoms with Crippen LogP contribution in [0.5, 0.6) is 5.75 Å². The molecule has 6 rings (SSSR count). The van der Waals surface area contributed by atoms with E-state index < -0.39 is 5.63 Å². The first-order valence-electron chi connectivity index (χ1n) is 10.2. The van der Waals surface area contributed by atoms with Gasteiger partial charge in [-0.2, -0.15) is 0 Å². The zero-order valence-corrected chi connectivity index (χ0v) is 15.9. The largest absolute Gasteiger partial charge is 0.486 e. The Hall–Kier alpha value is -3.05. The molecule has 0 saturated carbocycles. The van der Waals surface area contributed by atoms with Crippen molar-refractivity contribution in [2.45, 2.75) is 43.9 Å². The van der Waals surface area contributed by atoms with E-state index in [4.69, 9.17) is 13.6 Å². The van der Waals surface area contributed by atoms with E-state index in [9.17, 15) is 4.79 Å². The second kappa shape index (κ2) is 6.49. The molecule has 0 aliphatic carbocycles. The summed E-state index contributed by atoms with van der Waals surface area (Å²) in [7, 11) is 0. The smallest absolute Gasteiger partial charge is 0.347 e. The SMILES string of the molecule is O=c1oc2ccccc2cc1-c1cc2cccc(OC3CC4CCC(C3)N4)c2o1. The molecule has 0 spiro atoms. The number of nitrogens with one attached hydrogen (secondary N) is 1. The Labute approximate surface area is 167 Å². The summed E-state index contributed by atoms with van der Waals surface area (Å²) in [6.45, 7) is 0. The third-order valence-corrected chi connectivity index (χ3v) is 6.14. The van der Waals surface area contributed by atoms with Crippen molar-refractivity contribution in [1.82, 2.24) is 5.32 Å². The van der Waals surface area contributed by atoms with Gasteiger partial charge >= 0.3 is 5.63 Å². The monoisotopic (exact) mass is 387 g/mol. The lowest BCUT2D eigenvalue weighted by Crippen LogP contribution is -2.42. The van der Waals surface area contributed by atoms with Gasteiger partial charge in [0.25, 0.3) is 0 Å². The number of benzene rings is 2. The molecule has 29 heavy (non-hydrogen) atoms. The Morgan fingerprint density at radius 3 is 2.55 bits per heavy atom. The highest BCUT2D eigenvalue weighted by atomic mass is 16.5. The van der Waals surface area contributed by atoms with E-state index in [0.717, 1.165) is 29.4 Å².